The summed E-state index contributed by atoms with van der Waals surface area (Å²) in [4.78, 5) is 12.3. The van der Waals surface area contributed by atoms with E-state index < -0.39 is 17.5 Å². The monoisotopic (exact) mass is 409 g/mol. The van der Waals surface area contributed by atoms with Crippen molar-refractivity contribution in [3.05, 3.63) is 48.5 Å². The van der Waals surface area contributed by atoms with E-state index in [0.717, 1.165) is 20.4 Å². The zero-order chi connectivity index (χ0) is 14.2. The number of carbonyl (C=O) groups excluding carboxylic acids is 1. The number of halogens is 4. The van der Waals surface area contributed by atoms with Gasteiger partial charge in [-0.2, -0.15) is 0 Å². The Morgan fingerprint density at radius 2 is 1.89 bits per heavy atom. The average molecular weight is 411 g/mol. The molecular formula is C12H7Br2F2NOS. The van der Waals surface area contributed by atoms with E-state index in [9.17, 15) is 13.6 Å². The van der Waals surface area contributed by atoms with E-state index in [0.29, 0.717) is 4.88 Å². The molecule has 0 fully saturated rings. The molecule has 100 valence electrons. The van der Waals surface area contributed by atoms with E-state index in [1.807, 2.05) is 0 Å². The van der Waals surface area contributed by atoms with Crippen LogP contribution in [0.1, 0.15) is 15.2 Å². The molecule has 2 rings (SSSR count). The highest BCUT2D eigenvalue weighted by atomic mass is 79.9. The van der Waals surface area contributed by atoms with Crippen molar-refractivity contribution in [3.63, 3.8) is 0 Å². The Kier molecular flexibility index (Phi) is 4.37. The minimum absolute atomic E-state index is 0.172. The molecule has 0 saturated heterocycles. The highest BCUT2D eigenvalue weighted by Crippen LogP contribution is 2.33. The van der Waals surface area contributed by atoms with Crippen molar-refractivity contribution < 1.29 is 13.6 Å². The SMILES string of the molecule is Cc1cc(F)c(NC(=O)c2cc(Br)c(Br)s2)cc1F. The Balaban J connectivity index is 2.26. The summed E-state index contributed by atoms with van der Waals surface area (Å²) in [5, 5.41) is 2.35. The maximum atomic E-state index is 13.6. The maximum absolute atomic E-state index is 13.6. The zero-order valence-corrected chi connectivity index (χ0v) is 13.5. The largest absolute Gasteiger partial charge is 0.319 e. The molecule has 1 aromatic carbocycles. The second-order valence-electron chi connectivity index (χ2n) is 3.77. The molecule has 0 aliphatic heterocycles. The summed E-state index contributed by atoms with van der Waals surface area (Å²) in [6.45, 7) is 1.46. The van der Waals surface area contributed by atoms with Crippen molar-refractivity contribution >= 4 is 54.8 Å². The second-order valence-corrected chi connectivity index (χ2v) is 6.99. The van der Waals surface area contributed by atoms with Crippen LogP contribution in [0.25, 0.3) is 0 Å². The molecule has 0 radical (unpaired) electrons. The minimum atomic E-state index is -0.665. The highest BCUT2D eigenvalue weighted by Gasteiger charge is 2.15. The van der Waals surface area contributed by atoms with Gasteiger partial charge in [0.2, 0.25) is 0 Å². The number of thiophene rings is 1. The van der Waals surface area contributed by atoms with Crippen LogP contribution < -0.4 is 5.32 Å². The fraction of sp³-hybridized carbons (Fsp3) is 0.0833. The first-order valence-electron chi connectivity index (χ1n) is 5.10. The van der Waals surface area contributed by atoms with Gasteiger partial charge in [-0.3, -0.25) is 4.79 Å². The van der Waals surface area contributed by atoms with E-state index in [1.165, 1.54) is 18.3 Å². The van der Waals surface area contributed by atoms with E-state index in [2.05, 4.69) is 37.2 Å². The van der Waals surface area contributed by atoms with Crippen LogP contribution in [0.15, 0.2) is 26.5 Å². The lowest BCUT2D eigenvalue weighted by Gasteiger charge is -2.06. The van der Waals surface area contributed by atoms with Gasteiger partial charge in [0.25, 0.3) is 5.91 Å². The molecule has 0 atom stereocenters. The molecule has 0 saturated carbocycles. The van der Waals surface area contributed by atoms with Gasteiger partial charge in [-0.05, 0) is 56.5 Å². The molecule has 2 nitrogen and oxygen atoms in total. The van der Waals surface area contributed by atoms with Gasteiger partial charge in [-0.25, -0.2) is 8.78 Å². The Morgan fingerprint density at radius 3 is 2.47 bits per heavy atom. The maximum Gasteiger partial charge on any atom is 0.265 e. The molecule has 0 bridgehead atoms. The summed E-state index contributed by atoms with van der Waals surface area (Å²) in [7, 11) is 0. The first kappa shape index (κ1) is 14.6. The summed E-state index contributed by atoms with van der Waals surface area (Å²) >= 11 is 7.71. The van der Waals surface area contributed by atoms with E-state index in [4.69, 9.17) is 0 Å². The molecule has 0 unspecified atom stereocenters. The minimum Gasteiger partial charge on any atom is -0.319 e. The average Bonchev–Trinajstić information content (AvgIpc) is 2.67. The van der Waals surface area contributed by atoms with Gasteiger partial charge in [0, 0.05) is 10.5 Å². The van der Waals surface area contributed by atoms with Gasteiger partial charge >= 0.3 is 0 Å². The van der Waals surface area contributed by atoms with Crippen molar-refractivity contribution in [1.29, 1.82) is 0 Å². The number of benzene rings is 1. The van der Waals surface area contributed by atoms with Crippen LogP contribution >= 0.6 is 43.2 Å². The fourth-order valence-corrected chi connectivity index (χ4v) is 3.32. The topological polar surface area (TPSA) is 29.1 Å². The van der Waals surface area contributed by atoms with E-state index in [1.54, 1.807) is 6.07 Å². The summed E-state index contributed by atoms with van der Waals surface area (Å²) in [5.41, 5.74) is 0.0193. The third-order valence-electron chi connectivity index (χ3n) is 2.37. The van der Waals surface area contributed by atoms with Gasteiger partial charge in [0.05, 0.1) is 14.4 Å². The van der Waals surface area contributed by atoms with Gasteiger partial charge in [-0.1, -0.05) is 0 Å². The van der Waals surface area contributed by atoms with E-state index >= 15 is 0 Å². The highest BCUT2D eigenvalue weighted by molar-refractivity contribution is 9.13. The fourth-order valence-electron chi connectivity index (χ4n) is 1.38. The van der Waals surface area contributed by atoms with Crippen LogP contribution in [0.3, 0.4) is 0 Å². The Labute approximate surface area is 129 Å². The number of aryl methyl sites for hydroxylation is 1. The van der Waals surface area contributed by atoms with Crippen LogP contribution in [0.4, 0.5) is 14.5 Å². The van der Waals surface area contributed by atoms with Gasteiger partial charge in [-0.15, -0.1) is 11.3 Å². The Bertz CT molecular complexity index is 638. The van der Waals surface area contributed by atoms with Crippen molar-refractivity contribution in [2.75, 3.05) is 5.32 Å². The Morgan fingerprint density at radius 1 is 1.21 bits per heavy atom. The molecule has 7 heteroatoms. The standard InChI is InChI=1S/C12H7Br2F2NOS/c1-5-2-8(16)9(4-7(5)15)17-12(18)10-3-6(13)11(14)19-10/h2-4H,1H3,(H,17,18). The van der Waals surface area contributed by atoms with Crippen LogP contribution in [-0.4, -0.2) is 5.91 Å². The predicted molar refractivity (Wildman–Crippen MR) is 78.8 cm³/mol. The number of anilines is 1. The third-order valence-corrected chi connectivity index (χ3v) is 5.62. The van der Waals surface area contributed by atoms with Gasteiger partial charge in [0.15, 0.2) is 0 Å². The number of nitrogens with one attached hydrogen (secondary N) is 1. The number of carbonyl (C=O) groups is 1. The number of hydrogen-bond acceptors (Lipinski definition) is 2. The smallest absolute Gasteiger partial charge is 0.265 e. The molecule has 2 aromatic rings. The Hall–Kier alpha value is -0.790. The molecule has 1 N–H and O–H groups in total. The molecular weight excluding hydrogens is 404 g/mol. The number of rotatable bonds is 2. The number of hydrogen-bond donors (Lipinski definition) is 1. The summed E-state index contributed by atoms with van der Waals surface area (Å²) in [5.74, 6) is -1.72. The van der Waals surface area contributed by atoms with Crippen molar-refractivity contribution in [2.45, 2.75) is 6.92 Å². The van der Waals surface area contributed by atoms with Crippen LogP contribution in [0.5, 0.6) is 0 Å². The third kappa shape index (κ3) is 3.21. The lowest BCUT2D eigenvalue weighted by Crippen LogP contribution is -2.12. The molecule has 0 aliphatic carbocycles. The van der Waals surface area contributed by atoms with Crippen molar-refractivity contribution in [2.24, 2.45) is 0 Å². The first-order chi connectivity index (χ1) is 8.88. The summed E-state index contributed by atoms with van der Waals surface area (Å²) in [6, 6.07) is 3.62. The van der Waals surface area contributed by atoms with Crippen LogP contribution in [0.2, 0.25) is 0 Å². The molecule has 0 aliphatic rings. The van der Waals surface area contributed by atoms with Crippen molar-refractivity contribution in [1.82, 2.24) is 0 Å². The van der Waals surface area contributed by atoms with Crippen LogP contribution in [0, 0.1) is 18.6 Å². The lowest BCUT2D eigenvalue weighted by atomic mass is 10.2. The predicted octanol–water partition coefficient (Wildman–Crippen LogP) is 5.11. The van der Waals surface area contributed by atoms with Crippen LogP contribution in [-0.2, 0) is 0 Å². The molecule has 1 amide bonds. The normalized spacial score (nSPS) is 10.6. The quantitative estimate of drug-likeness (QED) is 0.732. The summed E-state index contributed by atoms with van der Waals surface area (Å²) < 4.78 is 28.4. The van der Waals surface area contributed by atoms with E-state index in [-0.39, 0.29) is 11.3 Å². The van der Waals surface area contributed by atoms with Gasteiger partial charge in [0.1, 0.15) is 11.6 Å². The molecule has 19 heavy (non-hydrogen) atoms. The molecule has 0 spiro atoms. The first-order valence-corrected chi connectivity index (χ1v) is 7.50. The molecule has 1 heterocycles. The number of amides is 1. The summed E-state index contributed by atoms with van der Waals surface area (Å²) in [6.07, 6.45) is 0. The van der Waals surface area contributed by atoms with Crippen molar-refractivity contribution in [3.8, 4) is 0 Å². The van der Waals surface area contributed by atoms with Gasteiger partial charge < -0.3 is 5.32 Å². The second kappa shape index (κ2) is 5.68. The lowest BCUT2D eigenvalue weighted by molar-refractivity contribution is 0.103. The zero-order valence-electron chi connectivity index (χ0n) is 9.56. The molecule has 1 aromatic heterocycles.